The first kappa shape index (κ1) is 15.3. The minimum Gasteiger partial charge on any atom is -0.444 e. The average molecular weight is 309 g/mol. The minimum absolute atomic E-state index is 0.228. The van der Waals surface area contributed by atoms with Gasteiger partial charge in [-0.15, -0.1) is 0 Å². The van der Waals surface area contributed by atoms with Crippen molar-refractivity contribution in [3.8, 4) is 0 Å². The van der Waals surface area contributed by atoms with Crippen molar-refractivity contribution in [2.75, 3.05) is 11.9 Å². The van der Waals surface area contributed by atoms with E-state index in [1.807, 2.05) is 13.8 Å². The van der Waals surface area contributed by atoms with E-state index < -0.39 is 0 Å². The number of carbonyl (C=O) groups is 1. The maximum atomic E-state index is 12.0. The third kappa shape index (κ3) is 3.95. The van der Waals surface area contributed by atoms with Crippen LogP contribution in [0.3, 0.4) is 0 Å². The highest BCUT2D eigenvalue weighted by Gasteiger charge is 2.11. The summed E-state index contributed by atoms with van der Waals surface area (Å²) in [5.74, 6) is 1.56. The number of aromatic nitrogens is 2. The molecule has 0 saturated heterocycles. The number of halogens is 1. The maximum Gasteiger partial charge on any atom is 0.253 e. The molecule has 0 saturated carbocycles. The Kier molecular flexibility index (Phi) is 5.16. The van der Waals surface area contributed by atoms with Gasteiger partial charge >= 0.3 is 0 Å². The molecule has 2 aromatic heterocycles. The standard InChI is InChI=1S/C14H17ClN4O2/c1-3-10-7-17-12(21-10)8-19-14(20)9-5-11(15)13(16-4-2)18-6-9/h5-7H,3-4,8H2,1-2H3,(H,16,18)(H,19,20). The molecule has 0 unspecified atom stereocenters. The predicted octanol–water partition coefficient (Wildman–Crippen LogP) is 2.65. The van der Waals surface area contributed by atoms with Gasteiger partial charge in [0.1, 0.15) is 11.6 Å². The van der Waals surface area contributed by atoms with E-state index in [-0.39, 0.29) is 12.5 Å². The van der Waals surface area contributed by atoms with Crippen LogP contribution in [0.15, 0.2) is 22.9 Å². The van der Waals surface area contributed by atoms with E-state index in [0.29, 0.717) is 28.8 Å². The summed E-state index contributed by atoms with van der Waals surface area (Å²) in [6.07, 6.45) is 3.91. The van der Waals surface area contributed by atoms with Crippen LogP contribution < -0.4 is 10.6 Å². The molecule has 2 N–H and O–H groups in total. The van der Waals surface area contributed by atoms with E-state index in [2.05, 4.69) is 20.6 Å². The Morgan fingerprint density at radius 3 is 2.76 bits per heavy atom. The fourth-order valence-corrected chi connectivity index (χ4v) is 1.94. The number of aryl methyl sites for hydroxylation is 1. The molecule has 7 heteroatoms. The number of nitrogens with one attached hydrogen (secondary N) is 2. The van der Waals surface area contributed by atoms with Gasteiger partial charge in [-0.25, -0.2) is 9.97 Å². The van der Waals surface area contributed by atoms with Crippen LogP contribution in [0.4, 0.5) is 5.82 Å². The molecular weight excluding hydrogens is 292 g/mol. The number of carbonyl (C=O) groups excluding carboxylic acids is 1. The lowest BCUT2D eigenvalue weighted by molar-refractivity contribution is 0.0946. The Balaban J connectivity index is 1.98. The summed E-state index contributed by atoms with van der Waals surface area (Å²) in [7, 11) is 0. The van der Waals surface area contributed by atoms with E-state index in [1.165, 1.54) is 6.20 Å². The molecule has 2 aromatic rings. The zero-order valence-electron chi connectivity index (χ0n) is 11.9. The van der Waals surface area contributed by atoms with Crippen LogP contribution >= 0.6 is 11.6 Å². The van der Waals surface area contributed by atoms with Crippen LogP contribution in [0.1, 0.15) is 35.9 Å². The molecule has 0 atom stereocenters. The number of pyridine rings is 1. The van der Waals surface area contributed by atoms with Gasteiger partial charge in [-0.2, -0.15) is 0 Å². The van der Waals surface area contributed by atoms with Crippen LogP contribution in [0.2, 0.25) is 5.02 Å². The zero-order valence-corrected chi connectivity index (χ0v) is 12.7. The van der Waals surface area contributed by atoms with Gasteiger partial charge < -0.3 is 15.1 Å². The fraction of sp³-hybridized carbons (Fsp3) is 0.357. The summed E-state index contributed by atoms with van der Waals surface area (Å²) in [6, 6.07) is 1.58. The molecule has 0 bridgehead atoms. The monoisotopic (exact) mass is 308 g/mol. The molecule has 2 rings (SSSR count). The van der Waals surface area contributed by atoms with Gasteiger partial charge in [0.25, 0.3) is 5.91 Å². The molecule has 2 heterocycles. The summed E-state index contributed by atoms with van der Waals surface area (Å²) < 4.78 is 5.42. The molecule has 0 fully saturated rings. The van der Waals surface area contributed by atoms with Crippen LogP contribution in [0.5, 0.6) is 0 Å². The summed E-state index contributed by atoms with van der Waals surface area (Å²) in [4.78, 5) is 20.2. The van der Waals surface area contributed by atoms with E-state index in [9.17, 15) is 4.79 Å². The molecule has 0 spiro atoms. The largest absolute Gasteiger partial charge is 0.444 e. The molecule has 0 aromatic carbocycles. The van der Waals surface area contributed by atoms with E-state index >= 15 is 0 Å². The molecular formula is C14H17ClN4O2. The van der Waals surface area contributed by atoms with Gasteiger partial charge in [0, 0.05) is 19.2 Å². The SMILES string of the molecule is CCNc1ncc(C(=O)NCc2ncc(CC)o2)cc1Cl. The highest BCUT2D eigenvalue weighted by atomic mass is 35.5. The lowest BCUT2D eigenvalue weighted by atomic mass is 10.2. The van der Waals surface area contributed by atoms with Crippen molar-refractivity contribution in [2.24, 2.45) is 0 Å². The van der Waals surface area contributed by atoms with Gasteiger partial charge in [-0.05, 0) is 13.0 Å². The summed E-state index contributed by atoms with van der Waals surface area (Å²) in [5, 5.41) is 6.14. The van der Waals surface area contributed by atoms with E-state index in [1.54, 1.807) is 12.3 Å². The topological polar surface area (TPSA) is 80.0 Å². The van der Waals surface area contributed by atoms with Crippen molar-refractivity contribution in [1.82, 2.24) is 15.3 Å². The molecule has 0 aliphatic rings. The molecule has 112 valence electrons. The lowest BCUT2D eigenvalue weighted by Gasteiger charge is -2.07. The van der Waals surface area contributed by atoms with Gasteiger partial charge in [0.15, 0.2) is 0 Å². The first-order chi connectivity index (χ1) is 10.1. The van der Waals surface area contributed by atoms with Crippen molar-refractivity contribution in [3.63, 3.8) is 0 Å². The number of hydrogen-bond donors (Lipinski definition) is 2. The van der Waals surface area contributed by atoms with Crippen molar-refractivity contribution in [1.29, 1.82) is 0 Å². The second-order valence-electron chi connectivity index (χ2n) is 4.34. The number of rotatable bonds is 6. The highest BCUT2D eigenvalue weighted by molar-refractivity contribution is 6.33. The third-order valence-corrected chi connectivity index (χ3v) is 3.09. The summed E-state index contributed by atoms with van der Waals surface area (Å²) in [5.41, 5.74) is 0.393. The quantitative estimate of drug-likeness (QED) is 0.857. The Morgan fingerprint density at radius 1 is 1.33 bits per heavy atom. The van der Waals surface area contributed by atoms with Crippen molar-refractivity contribution >= 4 is 23.3 Å². The van der Waals surface area contributed by atoms with Gasteiger partial charge in [0.05, 0.1) is 23.3 Å². The molecule has 0 aliphatic heterocycles. The van der Waals surface area contributed by atoms with E-state index in [4.69, 9.17) is 16.0 Å². The summed E-state index contributed by atoms with van der Waals surface area (Å²) >= 11 is 6.06. The lowest BCUT2D eigenvalue weighted by Crippen LogP contribution is -2.23. The summed E-state index contributed by atoms with van der Waals surface area (Å²) in [6.45, 7) is 4.86. The number of nitrogens with zero attached hydrogens (tertiary/aromatic N) is 2. The Labute approximate surface area is 127 Å². The Bertz CT molecular complexity index is 627. The van der Waals surface area contributed by atoms with Crippen molar-refractivity contribution in [3.05, 3.63) is 40.7 Å². The molecule has 21 heavy (non-hydrogen) atoms. The minimum atomic E-state index is -0.274. The predicted molar refractivity (Wildman–Crippen MR) is 80.5 cm³/mol. The zero-order chi connectivity index (χ0) is 15.2. The fourth-order valence-electron chi connectivity index (χ4n) is 1.71. The highest BCUT2D eigenvalue weighted by Crippen LogP contribution is 2.19. The Hall–Kier alpha value is -2.08. The van der Waals surface area contributed by atoms with Crippen LogP contribution in [0, 0.1) is 0 Å². The number of amides is 1. The molecule has 0 radical (unpaired) electrons. The first-order valence-corrected chi connectivity index (χ1v) is 7.13. The maximum absolute atomic E-state index is 12.0. The number of oxazole rings is 1. The van der Waals surface area contributed by atoms with Crippen molar-refractivity contribution in [2.45, 2.75) is 26.8 Å². The molecule has 6 nitrogen and oxygen atoms in total. The Morgan fingerprint density at radius 2 is 2.14 bits per heavy atom. The number of hydrogen-bond acceptors (Lipinski definition) is 5. The second-order valence-corrected chi connectivity index (χ2v) is 4.75. The van der Waals surface area contributed by atoms with E-state index in [0.717, 1.165) is 12.2 Å². The number of anilines is 1. The van der Waals surface area contributed by atoms with Gasteiger partial charge in [0.2, 0.25) is 5.89 Å². The van der Waals surface area contributed by atoms with Crippen LogP contribution in [-0.2, 0) is 13.0 Å². The first-order valence-electron chi connectivity index (χ1n) is 6.75. The molecule has 0 aliphatic carbocycles. The molecule has 1 amide bonds. The third-order valence-electron chi connectivity index (χ3n) is 2.80. The van der Waals surface area contributed by atoms with Gasteiger partial charge in [-0.3, -0.25) is 4.79 Å². The second kappa shape index (κ2) is 7.08. The average Bonchev–Trinajstić information content (AvgIpc) is 2.95. The van der Waals surface area contributed by atoms with Crippen LogP contribution in [0.25, 0.3) is 0 Å². The normalized spacial score (nSPS) is 10.4. The smallest absolute Gasteiger partial charge is 0.253 e. The van der Waals surface area contributed by atoms with Crippen molar-refractivity contribution < 1.29 is 9.21 Å². The van der Waals surface area contributed by atoms with Crippen LogP contribution in [-0.4, -0.2) is 22.4 Å². The van der Waals surface area contributed by atoms with Gasteiger partial charge in [-0.1, -0.05) is 18.5 Å².